The van der Waals surface area contributed by atoms with E-state index in [0.717, 1.165) is 32.7 Å². The number of hydrogen-bond donors (Lipinski definition) is 1. The van der Waals surface area contributed by atoms with Crippen LogP contribution in [0, 0.1) is 0 Å². The van der Waals surface area contributed by atoms with Crippen molar-refractivity contribution >= 4 is 16.8 Å². The van der Waals surface area contributed by atoms with Gasteiger partial charge in [0.15, 0.2) is 0 Å². The van der Waals surface area contributed by atoms with E-state index in [9.17, 15) is 9.59 Å². The SMILES string of the molecule is CCN1CCN(C(=O)CCCc2nc3ccccc3c(=O)[nH]2)CC1. The van der Waals surface area contributed by atoms with Crippen LogP contribution in [0.3, 0.4) is 0 Å². The minimum Gasteiger partial charge on any atom is -0.340 e. The lowest BCUT2D eigenvalue weighted by Crippen LogP contribution is -2.48. The molecule has 1 saturated heterocycles. The molecule has 1 aliphatic heterocycles. The van der Waals surface area contributed by atoms with Gasteiger partial charge in [-0.05, 0) is 25.1 Å². The van der Waals surface area contributed by atoms with Crippen molar-refractivity contribution in [2.24, 2.45) is 0 Å². The molecule has 1 N–H and O–H groups in total. The molecule has 3 rings (SSSR count). The van der Waals surface area contributed by atoms with Gasteiger partial charge in [-0.2, -0.15) is 0 Å². The predicted molar refractivity (Wildman–Crippen MR) is 94.0 cm³/mol. The molecule has 0 unspecified atom stereocenters. The highest BCUT2D eigenvalue weighted by Crippen LogP contribution is 2.09. The summed E-state index contributed by atoms with van der Waals surface area (Å²) in [7, 11) is 0. The minimum atomic E-state index is -0.113. The van der Waals surface area contributed by atoms with Crippen LogP contribution in [0.1, 0.15) is 25.6 Å². The molecule has 0 saturated carbocycles. The van der Waals surface area contributed by atoms with Gasteiger partial charge in [0.1, 0.15) is 5.82 Å². The molecule has 0 atom stereocenters. The number of fused-ring (bicyclic) bond motifs is 1. The Bertz CT molecular complexity index is 763. The summed E-state index contributed by atoms with van der Waals surface area (Å²) in [5.74, 6) is 0.858. The average molecular weight is 328 g/mol. The summed E-state index contributed by atoms with van der Waals surface area (Å²) in [6.45, 7) is 6.75. The Labute approximate surface area is 141 Å². The third-order valence-electron chi connectivity index (χ3n) is 4.64. The topological polar surface area (TPSA) is 69.3 Å². The van der Waals surface area contributed by atoms with Crippen LogP contribution in [0.2, 0.25) is 0 Å². The zero-order chi connectivity index (χ0) is 16.9. The largest absolute Gasteiger partial charge is 0.340 e. The van der Waals surface area contributed by atoms with E-state index in [1.807, 2.05) is 23.1 Å². The van der Waals surface area contributed by atoms with Crippen LogP contribution in [-0.2, 0) is 11.2 Å². The summed E-state index contributed by atoms with van der Waals surface area (Å²) in [4.78, 5) is 35.9. The zero-order valence-corrected chi connectivity index (χ0v) is 14.1. The molecular weight excluding hydrogens is 304 g/mol. The number of hydrogen-bond acceptors (Lipinski definition) is 4. The quantitative estimate of drug-likeness (QED) is 0.901. The Kier molecular flexibility index (Phi) is 5.25. The molecule has 0 aliphatic carbocycles. The number of aromatic amines is 1. The molecule has 1 aromatic heterocycles. The van der Waals surface area contributed by atoms with E-state index in [0.29, 0.717) is 36.0 Å². The maximum absolute atomic E-state index is 12.3. The highest BCUT2D eigenvalue weighted by molar-refractivity contribution is 5.77. The van der Waals surface area contributed by atoms with E-state index in [1.54, 1.807) is 6.07 Å². The zero-order valence-electron chi connectivity index (χ0n) is 14.1. The molecule has 2 heterocycles. The van der Waals surface area contributed by atoms with Crippen LogP contribution < -0.4 is 5.56 Å². The van der Waals surface area contributed by atoms with Gasteiger partial charge in [-0.25, -0.2) is 4.98 Å². The van der Waals surface area contributed by atoms with Gasteiger partial charge < -0.3 is 14.8 Å². The van der Waals surface area contributed by atoms with Gasteiger partial charge in [-0.15, -0.1) is 0 Å². The number of aryl methyl sites for hydroxylation is 1. The molecule has 1 fully saturated rings. The van der Waals surface area contributed by atoms with E-state index in [-0.39, 0.29) is 11.5 Å². The predicted octanol–water partition coefficient (Wildman–Crippen LogP) is 1.41. The van der Waals surface area contributed by atoms with Crippen molar-refractivity contribution in [1.29, 1.82) is 0 Å². The monoisotopic (exact) mass is 328 g/mol. The van der Waals surface area contributed by atoms with Gasteiger partial charge >= 0.3 is 0 Å². The van der Waals surface area contributed by atoms with Gasteiger partial charge in [0.05, 0.1) is 10.9 Å². The summed E-state index contributed by atoms with van der Waals surface area (Å²) in [5.41, 5.74) is 0.593. The Morgan fingerprint density at radius 1 is 1.21 bits per heavy atom. The number of carbonyl (C=O) groups excluding carboxylic acids is 1. The van der Waals surface area contributed by atoms with Crippen LogP contribution in [0.25, 0.3) is 10.9 Å². The Balaban J connectivity index is 1.53. The molecule has 6 heteroatoms. The Hall–Kier alpha value is -2.21. The van der Waals surface area contributed by atoms with E-state index in [1.165, 1.54) is 0 Å². The second-order valence-corrected chi connectivity index (χ2v) is 6.20. The molecule has 2 aromatic rings. The fraction of sp³-hybridized carbons (Fsp3) is 0.500. The summed E-state index contributed by atoms with van der Waals surface area (Å²) < 4.78 is 0. The Morgan fingerprint density at radius 3 is 2.71 bits per heavy atom. The van der Waals surface area contributed by atoms with Gasteiger partial charge in [0, 0.05) is 39.0 Å². The molecule has 0 spiro atoms. The lowest BCUT2D eigenvalue weighted by Gasteiger charge is -2.34. The number of amides is 1. The van der Waals surface area contributed by atoms with Crippen LogP contribution in [0.5, 0.6) is 0 Å². The highest BCUT2D eigenvalue weighted by atomic mass is 16.2. The number of nitrogens with one attached hydrogen (secondary N) is 1. The molecule has 0 bridgehead atoms. The second kappa shape index (κ2) is 7.57. The number of rotatable bonds is 5. The third kappa shape index (κ3) is 3.82. The third-order valence-corrected chi connectivity index (χ3v) is 4.64. The summed E-state index contributed by atoms with van der Waals surface area (Å²) in [6, 6.07) is 7.31. The minimum absolute atomic E-state index is 0.113. The lowest BCUT2D eigenvalue weighted by atomic mass is 10.2. The van der Waals surface area contributed by atoms with E-state index in [4.69, 9.17) is 0 Å². The maximum Gasteiger partial charge on any atom is 0.258 e. The lowest BCUT2D eigenvalue weighted by molar-refractivity contribution is -0.133. The molecule has 1 aliphatic rings. The van der Waals surface area contributed by atoms with Crippen molar-refractivity contribution < 1.29 is 4.79 Å². The molecule has 1 amide bonds. The van der Waals surface area contributed by atoms with Crippen LogP contribution in [0.4, 0.5) is 0 Å². The second-order valence-electron chi connectivity index (χ2n) is 6.20. The summed E-state index contributed by atoms with van der Waals surface area (Å²) in [5, 5.41) is 0.603. The first-order valence-corrected chi connectivity index (χ1v) is 8.65. The summed E-state index contributed by atoms with van der Waals surface area (Å²) in [6.07, 6.45) is 1.82. The number of aromatic nitrogens is 2. The smallest absolute Gasteiger partial charge is 0.258 e. The fourth-order valence-corrected chi connectivity index (χ4v) is 3.13. The van der Waals surface area contributed by atoms with Crippen molar-refractivity contribution in [3.05, 3.63) is 40.4 Å². The van der Waals surface area contributed by atoms with Crippen molar-refractivity contribution in [2.75, 3.05) is 32.7 Å². The van der Waals surface area contributed by atoms with Gasteiger partial charge in [0.2, 0.25) is 5.91 Å². The normalized spacial score (nSPS) is 15.8. The van der Waals surface area contributed by atoms with Crippen molar-refractivity contribution in [3.8, 4) is 0 Å². The molecular formula is C18H24N4O2. The first-order chi connectivity index (χ1) is 11.7. The van der Waals surface area contributed by atoms with E-state index < -0.39 is 0 Å². The maximum atomic E-state index is 12.3. The number of likely N-dealkylation sites (N-methyl/N-ethyl adjacent to an activating group) is 1. The molecule has 1 aromatic carbocycles. The molecule has 6 nitrogen and oxygen atoms in total. The van der Waals surface area contributed by atoms with Gasteiger partial charge in [-0.1, -0.05) is 19.1 Å². The standard InChI is InChI=1S/C18H24N4O2/c1-2-21-10-12-22(13-11-21)17(23)9-5-8-16-19-15-7-4-3-6-14(15)18(24)20-16/h3-4,6-7H,2,5,8-13H2,1H3,(H,19,20,24). The first-order valence-electron chi connectivity index (χ1n) is 8.65. The van der Waals surface area contributed by atoms with E-state index >= 15 is 0 Å². The molecule has 0 radical (unpaired) electrons. The van der Waals surface area contributed by atoms with Gasteiger partial charge in [0.25, 0.3) is 5.56 Å². The Morgan fingerprint density at radius 2 is 1.96 bits per heavy atom. The molecule has 128 valence electrons. The summed E-state index contributed by atoms with van der Waals surface area (Å²) >= 11 is 0. The number of carbonyl (C=O) groups is 1. The highest BCUT2D eigenvalue weighted by Gasteiger charge is 2.19. The van der Waals surface area contributed by atoms with Crippen molar-refractivity contribution in [1.82, 2.24) is 19.8 Å². The number of piperazine rings is 1. The number of nitrogens with zero attached hydrogens (tertiary/aromatic N) is 3. The van der Waals surface area contributed by atoms with Crippen LogP contribution in [0.15, 0.2) is 29.1 Å². The number of benzene rings is 1. The van der Waals surface area contributed by atoms with Crippen molar-refractivity contribution in [2.45, 2.75) is 26.2 Å². The molecule has 24 heavy (non-hydrogen) atoms. The van der Waals surface area contributed by atoms with Crippen molar-refractivity contribution in [3.63, 3.8) is 0 Å². The van der Waals surface area contributed by atoms with Crippen LogP contribution in [-0.4, -0.2) is 58.4 Å². The van der Waals surface area contributed by atoms with Gasteiger partial charge in [-0.3, -0.25) is 9.59 Å². The fourth-order valence-electron chi connectivity index (χ4n) is 3.13. The van der Waals surface area contributed by atoms with E-state index in [2.05, 4.69) is 21.8 Å². The first kappa shape index (κ1) is 16.6. The number of para-hydroxylation sites is 1. The average Bonchev–Trinajstić information content (AvgIpc) is 2.62. The van der Waals surface area contributed by atoms with Crippen LogP contribution >= 0.6 is 0 Å². The number of H-pyrrole nitrogens is 1.